The molecule has 0 aliphatic heterocycles. The van der Waals surface area contributed by atoms with Gasteiger partial charge >= 0.3 is 0 Å². The summed E-state index contributed by atoms with van der Waals surface area (Å²) in [6.45, 7) is 2.03. The van der Waals surface area contributed by atoms with Crippen LogP contribution in [0.15, 0.2) is 29.2 Å². The molecule has 1 aromatic carbocycles. The Bertz CT molecular complexity index is 266. The van der Waals surface area contributed by atoms with Gasteiger partial charge in [-0.05, 0) is 25.3 Å². The van der Waals surface area contributed by atoms with E-state index in [4.69, 9.17) is 0 Å². The van der Waals surface area contributed by atoms with Crippen molar-refractivity contribution in [3.63, 3.8) is 0 Å². The molecule has 0 aliphatic rings. The molecule has 0 aliphatic carbocycles. The van der Waals surface area contributed by atoms with Crippen LogP contribution in [0.4, 0.5) is 0 Å². The van der Waals surface area contributed by atoms with Crippen molar-refractivity contribution in [3.05, 3.63) is 29.8 Å². The first-order chi connectivity index (χ1) is 5.74. The summed E-state index contributed by atoms with van der Waals surface area (Å²) in [4.78, 5) is 0.926. The molecule has 1 atom stereocenters. The molecule has 0 amide bonds. The van der Waals surface area contributed by atoms with Gasteiger partial charge in [0.05, 0.1) is 15.9 Å². The predicted octanol–water partition coefficient (Wildman–Crippen LogP) is 2.42. The van der Waals surface area contributed by atoms with Crippen LogP contribution in [0.3, 0.4) is 0 Å². The average molecular weight is 200 g/mol. The fourth-order valence-electron chi connectivity index (χ4n) is 0.865. The van der Waals surface area contributed by atoms with Gasteiger partial charge in [0.1, 0.15) is 0 Å². The van der Waals surface area contributed by atoms with Crippen molar-refractivity contribution >= 4 is 22.6 Å². The average Bonchev–Trinajstić information content (AvgIpc) is 2.06. The van der Waals surface area contributed by atoms with E-state index in [-0.39, 0.29) is 0 Å². The van der Waals surface area contributed by atoms with Crippen molar-refractivity contribution < 1.29 is 4.21 Å². The van der Waals surface area contributed by atoms with Gasteiger partial charge in [0.2, 0.25) is 0 Å². The van der Waals surface area contributed by atoms with Gasteiger partial charge in [0.15, 0.2) is 0 Å². The molecular formula is C9H12OS2. The summed E-state index contributed by atoms with van der Waals surface area (Å²) in [6.07, 6.45) is 1.96. The topological polar surface area (TPSA) is 17.1 Å². The molecule has 0 spiro atoms. The molecular weight excluding hydrogens is 188 g/mol. The van der Waals surface area contributed by atoms with Crippen molar-refractivity contribution in [3.8, 4) is 0 Å². The molecule has 0 unspecified atom stereocenters. The SMILES string of the molecule is CSC[S@](=O)c1ccc(C)cc1. The molecule has 0 heterocycles. The fraction of sp³-hybridized carbons (Fsp3) is 0.333. The number of hydrogen-bond acceptors (Lipinski definition) is 2. The van der Waals surface area contributed by atoms with E-state index in [1.807, 2.05) is 37.4 Å². The Balaban J connectivity index is 2.75. The molecule has 0 radical (unpaired) electrons. The van der Waals surface area contributed by atoms with E-state index in [2.05, 4.69) is 0 Å². The van der Waals surface area contributed by atoms with E-state index < -0.39 is 10.8 Å². The highest BCUT2D eigenvalue weighted by Crippen LogP contribution is 2.11. The minimum atomic E-state index is -0.829. The lowest BCUT2D eigenvalue weighted by Crippen LogP contribution is -1.93. The Kier molecular flexibility index (Phi) is 3.82. The van der Waals surface area contributed by atoms with Gasteiger partial charge in [-0.2, -0.15) is 11.8 Å². The first-order valence-electron chi connectivity index (χ1n) is 3.68. The zero-order valence-electron chi connectivity index (χ0n) is 7.24. The third kappa shape index (κ3) is 2.64. The van der Waals surface area contributed by atoms with Gasteiger partial charge in [-0.1, -0.05) is 17.7 Å². The molecule has 0 fully saturated rings. The Labute approximate surface area is 80.0 Å². The Hall–Kier alpha value is -0.280. The maximum absolute atomic E-state index is 11.4. The second-order valence-corrected chi connectivity index (χ2v) is 5.25. The van der Waals surface area contributed by atoms with E-state index in [0.717, 1.165) is 4.90 Å². The molecule has 0 N–H and O–H groups in total. The van der Waals surface area contributed by atoms with Crippen molar-refractivity contribution in [2.75, 3.05) is 11.3 Å². The van der Waals surface area contributed by atoms with Crippen molar-refractivity contribution in [1.29, 1.82) is 0 Å². The number of rotatable bonds is 3. The first kappa shape index (κ1) is 9.81. The van der Waals surface area contributed by atoms with Gasteiger partial charge in [0, 0.05) is 4.90 Å². The lowest BCUT2D eigenvalue weighted by molar-refractivity contribution is 0.686. The highest BCUT2D eigenvalue weighted by atomic mass is 32.2. The summed E-state index contributed by atoms with van der Waals surface area (Å²) >= 11 is 1.61. The van der Waals surface area contributed by atoms with Crippen molar-refractivity contribution in [2.24, 2.45) is 0 Å². The molecule has 3 heteroatoms. The summed E-state index contributed by atoms with van der Waals surface area (Å²) in [6, 6.07) is 7.85. The second kappa shape index (κ2) is 4.67. The lowest BCUT2D eigenvalue weighted by Gasteiger charge is -1.99. The van der Waals surface area contributed by atoms with Crippen molar-refractivity contribution in [1.82, 2.24) is 0 Å². The molecule has 66 valence electrons. The van der Waals surface area contributed by atoms with E-state index >= 15 is 0 Å². The normalized spacial score (nSPS) is 12.8. The van der Waals surface area contributed by atoms with Gasteiger partial charge in [-0.25, -0.2) is 0 Å². The van der Waals surface area contributed by atoms with Crippen LogP contribution in [0.2, 0.25) is 0 Å². The third-order valence-corrected chi connectivity index (χ3v) is 4.11. The van der Waals surface area contributed by atoms with Gasteiger partial charge in [-0.15, -0.1) is 0 Å². The highest BCUT2D eigenvalue weighted by molar-refractivity contribution is 8.09. The van der Waals surface area contributed by atoms with E-state index in [1.165, 1.54) is 5.56 Å². The molecule has 0 aromatic heterocycles. The van der Waals surface area contributed by atoms with Crippen LogP contribution in [0.25, 0.3) is 0 Å². The summed E-state index contributed by atoms with van der Waals surface area (Å²) < 4.78 is 11.4. The highest BCUT2D eigenvalue weighted by Gasteiger charge is 2.00. The van der Waals surface area contributed by atoms with Gasteiger partial charge in [-0.3, -0.25) is 4.21 Å². The number of aryl methyl sites for hydroxylation is 1. The molecule has 1 rings (SSSR count). The molecule has 0 saturated heterocycles. The van der Waals surface area contributed by atoms with Crippen molar-refractivity contribution in [2.45, 2.75) is 11.8 Å². The van der Waals surface area contributed by atoms with Gasteiger partial charge in [0.25, 0.3) is 0 Å². The predicted molar refractivity (Wildman–Crippen MR) is 56.0 cm³/mol. The second-order valence-electron chi connectivity index (χ2n) is 2.57. The maximum atomic E-state index is 11.4. The summed E-state index contributed by atoms with van der Waals surface area (Å²) in [7, 11) is -0.829. The third-order valence-electron chi connectivity index (χ3n) is 1.51. The van der Waals surface area contributed by atoms with Crippen LogP contribution in [-0.4, -0.2) is 15.5 Å². The van der Waals surface area contributed by atoms with Crippen LogP contribution in [0.5, 0.6) is 0 Å². The first-order valence-corrected chi connectivity index (χ1v) is 6.39. The Morgan fingerprint density at radius 2 is 1.92 bits per heavy atom. The smallest absolute Gasteiger partial charge is 0.0736 e. The lowest BCUT2D eigenvalue weighted by atomic mass is 10.2. The van der Waals surface area contributed by atoms with Crippen LogP contribution < -0.4 is 0 Å². The van der Waals surface area contributed by atoms with E-state index in [1.54, 1.807) is 11.8 Å². The minimum Gasteiger partial charge on any atom is -0.253 e. The van der Waals surface area contributed by atoms with E-state index in [0.29, 0.717) is 5.08 Å². The van der Waals surface area contributed by atoms with Crippen LogP contribution in [0, 0.1) is 6.92 Å². The largest absolute Gasteiger partial charge is 0.253 e. The number of benzene rings is 1. The molecule has 1 nitrogen and oxygen atoms in total. The molecule has 0 bridgehead atoms. The maximum Gasteiger partial charge on any atom is 0.0736 e. The quantitative estimate of drug-likeness (QED) is 0.745. The Morgan fingerprint density at radius 1 is 1.33 bits per heavy atom. The number of thioether (sulfide) groups is 1. The summed E-state index contributed by atoms with van der Waals surface area (Å²) in [5.41, 5.74) is 1.21. The molecule has 12 heavy (non-hydrogen) atoms. The summed E-state index contributed by atoms with van der Waals surface area (Å²) in [5.74, 6) is 0. The van der Waals surface area contributed by atoms with E-state index in [9.17, 15) is 4.21 Å². The van der Waals surface area contributed by atoms with Crippen LogP contribution >= 0.6 is 11.8 Å². The summed E-state index contributed by atoms with van der Waals surface area (Å²) in [5, 5.41) is 0.684. The Morgan fingerprint density at radius 3 is 2.42 bits per heavy atom. The van der Waals surface area contributed by atoms with Crippen LogP contribution in [-0.2, 0) is 10.8 Å². The molecule has 1 aromatic rings. The minimum absolute atomic E-state index is 0.684. The zero-order valence-corrected chi connectivity index (χ0v) is 8.87. The van der Waals surface area contributed by atoms with Gasteiger partial charge < -0.3 is 0 Å². The fourth-order valence-corrected chi connectivity index (χ4v) is 2.71. The zero-order chi connectivity index (χ0) is 8.97. The van der Waals surface area contributed by atoms with Crippen LogP contribution in [0.1, 0.15) is 5.56 Å². The molecule has 0 saturated carbocycles. The standard InChI is InChI=1S/C9H12OS2/c1-8-3-5-9(6-4-8)12(10)7-11-2/h3-6H,7H2,1-2H3/t12-/m0/s1. The monoisotopic (exact) mass is 200 g/mol. The number of hydrogen-bond donors (Lipinski definition) is 0.